The molecule has 2 aromatic carbocycles. The van der Waals surface area contributed by atoms with Crippen molar-refractivity contribution in [2.24, 2.45) is 0 Å². The molecule has 178 valence electrons. The van der Waals surface area contributed by atoms with Crippen LogP contribution in [-0.2, 0) is 30.4 Å². The van der Waals surface area contributed by atoms with Crippen LogP contribution in [0.4, 0.5) is 21.0 Å². The fraction of sp³-hybridized carbons (Fsp3) is 0.391. The summed E-state index contributed by atoms with van der Waals surface area (Å²) >= 11 is 0. The number of nitrogens with zero attached hydrogens (tertiary/aromatic N) is 1. The van der Waals surface area contributed by atoms with Crippen LogP contribution < -0.4 is 10.2 Å². The van der Waals surface area contributed by atoms with Gasteiger partial charge in [0, 0.05) is 18.2 Å². The highest BCUT2D eigenvalue weighted by atomic mass is 32.2. The van der Waals surface area contributed by atoms with E-state index in [4.69, 9.17) is 13.7 Å². The molecule has 0 fully saturated rings. The molecule has 1 atom stereocenters. The van der Waals surface area contributed by atoms with E-state index in [1.54, 1.807) is 39.0 Å². The van der Waals surface area contributed by atoms with Gasteiger partial charge in [0.05, 0.1) is 18.6 Å². The quantitative estimate of drug-likeness (QED) is 0.621. The van der Waals surface area contributed by atoms with Gasteiger partial charge in [-0.15, -0.1) is 0 Å². The summed E-state index contributed by atoms with van der Waals surface area (Å²) in [5.41, 5.74) is 1.78. The molecule has 0 aliphatic carbocycles. The van der Waals surface area contributed by atoms with Crippen molar-refractivity contribution in [2.75, 3.05) is 29.6 Å². The SMILES string of the molecule is CC(C)(C)OC(=O)N1CC(COS(C)(=O)=O)c2ccc(NC(=O)OCc3ccccc3)cc21. The number of fused-ring (bicyclic) bond motifs is 1. The Morgan fingerprint density at radius 1 is 1.12 bits per heavy atom. The van der Waals surface area contributed by atoms with Crippen molar-refractivity contribution in [1.29, 1.82) is 0 Å². The Morgan fingerprint density at radius 3 is 2.45 bits per heavy atom. The number of anilines is 2. The van der Waals surface area contributed by atoms with E-state index in [1.807, 2.05) is 30.3 Å². The summed E-state index contributed by atoms with van der Waals surface area (Å²) in [6.07, 6.45) is -0.241. The van der Waals surface area contributed by atoms with Gasteiger partial charge in [-0.1, -0.05) is 36.4 Å². The number of rotatable bonds is 6. The summed E-state index contributed by atoms with van der Waals surface area (Å²) in [6.45, 7) is 5.46. The van der Waals surface area contributed by atoms with Crippen molar-refractivity contribution in [3.8, 4) is 0 Å². The van der Waals surface area contributed by atoms with E-state index in [0.29, 0.717) is 16.9 Å². The van der Waals surface area contributed by atoms with E-state index in [2.05, 4.69) is 5.32 Å². The fourth-order valence-corrected chi connectivity index (χ4v) is 3.74. The number of carbonyl (C=O) groups is 2. The van der Waals surface area contributed by atoms with Gasteiger partial charge in [-0.3, -0.25) is 14.4 Å². The average molecular weight is 477 g/mol. The number of amides is 2. The molecule has 3 rings (SSSR count). The Bertz CT molecular complexity index is 1110. The van der Waals surface area contributed by atoms with Crippen molar-refractivity contribution < 1.29 is 31.7 Å². The van der Waals surface area contributed by atoms with Gasteiger partial charge in [0.1, 0.15) is 12.2 Å². The van der Waals surface area contributed by atoms with Crippen LogP contribution in [0.3, 0.4) is 0 Å². The van der Waals surface area contributed by atoms with Gasteiger partial charge in [-0.25, -0.2) is 9.59 Å². The van der Waals surface area contributed by atoms with Crippen LogP contribution in [0.1, 0.15) is 37.8 Å². The third-order valence-corrected chi connectivity index (χ3v) is 5.28. The van der Waals surface area contributed by atoms with Gasteiger partial charge in [-0.2, -0.15) is 8.42 Å². The van der Waals surface area contributed by atoms with Crippen molar-refractivity contribution in [2.45, 2.75) is 38.9 Å². The molecule has 1 aliphatic rings. The molecular formula is C23H28N2O7S. The molecule has 2 amide bonds. The minimum atomic E-state index is -3.64. The fourth-order valence-electron chi connectivity index (χ4n) is 3.33. The van der Waals surface area contributed by atoms with E-state index in [0.717, 1.165) is 11.8 Å². The maximum atomic E-state index is 12.8. The van der Waals surface area contributed by atoms with Crippen LogP contribution in [0.25, 0.3) is 0 Å². The molecule has 0 saturated heterocycles. The van der Waals surface area contributed by atoms with Crippen molar-refractivity contribution in [3.63, 3.8) is 0 Å². The zero-order chi connectivity index (χ0) is 24.2. The first-order valence-electron chi connectivity index (χ1n) is 10.4. The predicted molar refractivity (Wildman–Crippen MR) is 124 cm³/mol. The zero-order valence-electron chi connectivity index (χ0n) is 19.0. The van der Waals surface area contributed by atoms with Crippen molar-refractivity contribution >= 4 is 33.7 Å². The largest absolute Gasteiger partial charge is 0.444 e. The van der Waals surface area contributed by atoms with E-state index in [9.17, 15) is 18.0 Å². The molecule has 1 unspecified atom stereocenters. The predicted octanol–water partition coefficient (Wildman–Crippen LogP) is 4.25. The number of benzene rings is 2. The second-order valence-corrected chi connectivity index (χ2v) is 10.4. The summed E-state index contributed by atoms with van der Waals surface area (Å²) < 4.78 is 38.6. The summed E-state index contributed by atoms with van der Waals surface area (Å²) in [6, 6.07) is 14.3. The molecule has 0 bridgehead atoms. The molecule has 2 aromatic rings. The molecule has 1 N–H and O–H groups in total. The average Bonchev–Trinajstić information content (AvgIpc) is 3.08. The Hall–Kier alpha value is -3.11. The Morgan fingerprint density at radius 2 is 1.82 bits per heavy atom. The summed E-state index contributed by atoms with van der Waals surface area (Å²) in [5.74, 6) is -0.374. The Labute approximate surface area is 193 Å². The smallest absolute Gasteiger partial charge is 0.414 e. The van der Waals surface area contributed by atoms with Crippen LogP contribution in [0.15, 0.2) is 48.5 Å². The van der Waals surface area contributed by atoms with E-state index in [-0.39, 0.29) is 25.7 Å². The maximum Gasteiger partial charge on any atom is 0.414 e. The van der Waals surface area contributed by atoms with Crippen LogP contribution in [0, 0.1) is 0 Å². The molecule has 0 aromatic heterocycles. The van der Waals surface area contributed by atoms with Crippen LogP contribution >= 0.6 is 0 Å². The third kappa shape index (κ3) is 7.19. The van der Waals surface area contributed by atoms with E-state index in [1.165, 1.54) is 4.90 Å². The molecule has 33 heavy (non-hydrogen) atoms. The van der Waals surface area contributed by atoms with Crippen molar-refractivity contribution in [3.05, 3.63) is 59.7 Å². The highest BCUT2D eigenvalue weighted by Crippen LogP contribution is 2.39. The van der Waals surface area contributed by atoms with Crippen LogP contribution in [0.2, 0.25) is 0 Å². The second-order valence-electron chi connectivity index (χ2n) is 8.74. The summed E-state index contributed by atoms with van der Waals surface area (Å²) in [7, 11) is -3.64. The van der Waals surface area contributed by atoms with E-state index >= 15 is 0 Å². The molecule has 9 nitrogen and oxygen atoms in total. The summed E-state index contributed by atoms with van der Waals surface area (Å²) in [4.78, 5) is 26.5. The molecule has 0 radical (unpaired) electrons. The topological polar surface area (TPSA) is 111 Å². The third-order valence-electron chi connectivity index (χ3n) is 4.72. The highest BCUT2D eigenvalue weighted by molar-refractivity contribution is 7.85. The number of ether oxygens (including phenoxy) is 2. The number of carbonyl (C=O) groups excluding carboxylic acids is 2. The summed E-state index contributed by atoms with van der Waals surface area (Å²) in [5, 5.41) is 2.65. The molecule has 0 saturated carbocycles. The molecular weight excluding hydrogens is 448 g/mol. The molecule has 10 heteroatoms. The minimum absolute atomic E-state index is 0.114. The number of nitrogens with one attached hydrogen (secondary N) is 1. The van der Waals surface area contributed by atoms with E-state index < -0.39 is 27.9 Å². The van der Waals surface area contributed by atoms with Gasteiger partial charge >= 0.3 is 12.2 Å². The first-order valence-corrected chi connectivity index (χ1v) is 12.2. The standard InChI is InChI=1S/C23H28N2O7S/c1-23(2,3)32-22(27)25-13-17(15-31-33(4,28)29)19-11-10-18(12-20(19)25)24-21(26)30-14-16-8-6-5-7-9-16/h5-12,17H,13-15H2,1-4H3,(H,24,26). The second kappa shape index (κ2) is 9.80. The lowest BCUT2D eigenvalue weighted by atomic mass is 10.0. The van der Waals surface area contributed by atoms with Gasteiger partial charge < -0.3 is 9.47 Å². The Balaban J connectivity index is 1.77. The lowest BCUT2D eigenvalue weighted by Gasteiger charge is -2.25. The molecule has 1 aliphatic heterocycles. The van der Waals surface area contributed by atoms with Gasteiger partial charge in [-0.05, 0) is 44.0 Å². The molecule has 0 spiro atoms. The van der Waals surface area contributed by atoms with Gasteiger partial charge in [0.25, 0.3) is 10.1 Å². The van der Waals surface area contributed by atoms with Crippen molar-refractivity contribution in [1.82, 2.24) is 0 Å². The zero-order valence-corrected chi connectivity index (χ0v) is 19.8. The monoisotopic (exact) mass is 476 g/mol. The highest BCUT2D eigenvalue weighted by Gasteiger charge is 2.36. The minimum Gasteiger partial charge on any atom is -0.444 e. The lowest BCUT2D eigenvalue weighted by Crippen LogP contribution is -2.36. The van der Waals surface area contributed by atoms with Crippen LogP contribution in [-0.4, -0.2) is 45.6 Å². The van der Waals surface area contributed by atoms with Gasteiger partial charge in [0.15, 0.2) is 0 Å². The normalized spacial score (nSPS) is 15.6. The Kier molecular flexibility index (Phi) is 7.28. The lowest BCUT2D eigenvalue weighted by molar-refractivity contribution is 0.0581. The maximum absolute atomic E-state index is 12.8. The van der Waals surface area contributed by atoms with Gasteiger partial charge in [0.2, 0.25) is 0 Å². The number of hydrogen-bond acceptors (Lipinski definition) is 7. The first kappa shape index (κ1) is 24.5. The van der Waals surface area contributed by atoms with Crippen LogP contribution in [0.5, 0.6) is 0 Å². The first-order chi connectivity index (χ1) is 15.4. The molecule has 1 heterocycles. The number of hydrogen-bond donors (Lipinski definition) is 1.